The Morgan fingerprint density at radius 3 is 1.32 bits per heavy atom. The Morgan fingerprint density at radius 2 is 0.875 bits per heavy atom. The Labute approximate surface area is 253 Å². The van der Waals surface area contributed by atoms with Crippen molar-refractivity contribution in [2.24, 2.45) is 0 Å². The molecule has 2 aliphatic heterocycles. The Morgan fingerprint density at radius 1 is 0.475 bits per heavy atom. The molecule has 4 aromatic rings. The number of ether oxygens (including phenoxy) is 2. The molecule has 2 nitrogen and oxygen atoms in total. The summed E-state index contributed by atoms with van der Waals surface area (Å²) >= 11 is 8.31. The number of hydrogen-bond acceptors (Lipinski definition) is 6. The third kappa shape index (κ3) is 3.97. The maximum atomic E-state index is 6.27. The minimum absolute atomic E-state index is 0.0322. The van der Waals surface area contributed by atoms with Gasteiger partial charge in [0.05, 0.1) is 13.2 Å². The molecular weight excluding hydrogens is 569 g/mol. The molecule has 2 saturated heterocycles. The molecule has 6 heteroatoms. The van der Waals surface area contributed by atoms with Crippen molar-refractivity contribution in [2.45, 2.75) is 21.0 Å². The van der Waals surface area contributed by atoms with Crippen molar-refractivity contribution in [3.05, 3.63) is 107 Å². The summed E-state index contributed by atoms with van der Waals surface area (Å²) in [7, 11) is 0. The topological polar surface area (TPSA) is 18.5 Å². The lowest BCUT2D eigenvalue weighted by molar-refractivity contribution is 0.266. The lowest BCUT2D eigenvalue weighted by Gasteiger charge is -2.25. The predicted octanol–water partition coefficient (Wildman–Crippen LogP) is 9.25. The normalized spacial score (nSPS) is 18.5. The third-order valence-electron chi connectivity index (χ3n) is 8.30. The van der Waals surface area contributed by atoms with Crippen LogP contribution in [0.4, 0.5) is 0 Å². The average molecular weight is 599 g/mol. The van der Waals surface area contributed by atoms with Crippen molar-refractivity contribution in [1.29, 1.82) is 0 Å². The zero-order valence-electron chi connectivity index (χ0n) is 22.2. The van der Waals surface area contributed by atoms with Gasteiger partial charge in [-0.25, -0.2) is 0 Å². The number of hydrogen-bond donors (Lipinski definition) is 0. The fourth-order valence-corrected chi connectivity index (χ4v) is 13.4. The Bertz CT molecular complexity index is 1470. The van der Waals surface area contributed by atoms with Gasteiger partial charge in [-0.05, 0) is 81.6 Å². The van der Waals surface area contributed by atoms with Crippen molar-refractivity contribution in [2.75, 3.05) is 36.2 Å². The lowest BCUT2D eigenvalue weighted by Crippen LogP contribution is -2.12. The van der Waals surface area contributed by atoms with Gasteiger partial charge in [-0.2, -0.15) is 0 Å². The summed E-state index contributed by atoms with van der Waals surface area (Å²) < 4.78 is 12.6. The van der Waals surface area contributed by atoms with E-state index in [0.29, 0.717) is 13.2 Å². The first-order valence-corrected chi connectivity index (χ1v) is 18.0. The second-order valence-electron chi connectivity index (χ2n) is 10.5. The van der Waals surface area contributed by atoms with Crippen molar-refractivity contribution in [3.8, 4) is 33.8 Å². The van der Waals surface area contributed by atoms with E-state index < -0.39 is 0 Å². The molecule has 4 aliphatic rings. The van der Waals surface area contributed by atoms with E-state index in [1.54, 1.807) is 0 Å². The smallest absolute Gasteiger partial charge is 0.119 e. The van der Waals surface area contributed by atoms with E-state index in [9.17, 15) is 0 Å². The maximum Gasteiger partial charge on any atom is 0.119 e. The van der Waals surface area contributed by atoms with Crippen LogP contribution in [0, 0.1) is 0 Å². The highest BCUT2D eigenvalue weighted by molar-refractivity contribution is 8.21. The highest BCUT2D eigenvalue weighted by atomic mass is 32.2. The van der Waals surface area contributed by atoms with Crippen molar-refractivity contribution >= 4 is 47.0 Å². The zero-order valence-corrected chi connectivity index (χ0v) is 25.5. The van der Waals surface area contributed by atoms with Crippen LogP contribution in [0.25, 0.3) is 22.3 Å². The molecule has 8 rings (SSSR count). The highest BCUT2D eigenvalue weighted by Gasteiger charge is 2.48. The second-order valence-corrected chi connectivity index (χ2v) is 16.3. The molecule has 0 bridgehead atoms. The van der Waals surface area contributed by atoms with Crippen LogP contribution < -0.4 is 9.47 Å². The molecule has 4 aromatic carbocycles. The van der Waals surface area contributed by atoms with Crippen LogP contribution in [0.2, 0.25) is 0 Å². The standard InChI is InChI=1S/C34H30O2S4/c1-3-9-29-25(7-1)27-13-11-23(21-31(27)33(29)37-17-18-38-33)35-15-5-6-16-36-24-12-14-28-26-8-2-4-10-30(26)34(32(28)22-24)39-19-20-40-34/h1-4,7-14,21-22H,5-6,15-20H2. The molecule has 202 valence electrons. The Kier molecular flexibility index (Phi) is 6.59. The number of thioether (sulfide) groups is 4. The van der Waals surface area contributed by atoms with Crippen LogP contribution in [0.1, 0.15) is 35.1 Å². The van der Waals surface area contributed by atoms with Gasteiger partial charge in [0.15, 0.2) is 0 Å². The van der Waals surface area contributed by atoms with Gasteiger partial charge in [0.2, 0.25) is 0 Å². The van der Waals surface area contributed by atoms with Crippen LogP contribution in [-0.2, 0) is 8.16 Å². The molecule has 0 unspecified atom stereocenters. The van der Waals surface area contributed by atoms with Gasteiger partial charge >= 0.3 is 0 Å². The van der Waals surface area contributed by atoms with E-state index in [1.165, 1.54) is 67.5 Å². The Balaban J connectivity index is 0.897. The molecule has 0 atom stereocenters. The van der Waals surface area contributed by atoms with E-state index in [0.717, 1.165) is 24.3 Å². The van der Waals surface area contributed by atoms with Crippen LogP contribution >= 0.6 is 47.0 Å². The SMILES string of the molecule is c1ccc2c(c1)-c1ccc(OCCCCOc3ccc4c(c3)C3(SCCS3)c3ccccc3-4)cc1C21SCCS1. The van der Waals surface area contributed by atoms with Gasteiger partial charge in [-0.3, -0.25) is 0 Å². The van der Waals surface area contributed by atoms with Crippen LogP contribution in [-0.4, -0.2) is 36.2 Å². The maximum absolute atomic E-state index is 6.27. The van der Waals surface area contributed by atoms with Crippen molar-refractivity contribution < 1.29 is 9.47 Å². The van der Waals surface area contributed by atoms with Crippen LogP contribution in [0.15, 0.2) is 84.9 Å². The number of rotatable bonds is 7. The van der Waals surface area contributed by atoms with E-state index in [2.05, 4.69) is 132 Å². The summed E-state index contributed by atoms with van der Waals surface area (Å²) in [6, 6.07) is 31.3. The van der Waals surface area contributed by atoms with E-state index >= 15 is 0 Å². The van der Waals surface area contributed by atoms with Gasteiger partial charge < -0.3 is 9.47 Å². The molecule has 2 spiro atoms. The molecule has 0 N–H and O–H groups in total. The molecule has 40 heavy (non-hydrogen) atoms. The van der Waals surface area contributed by atoms with E-state index in [4.69, 9.17) is 9.47 Å². The zero-order chi connectivity index (χ0) is 26.6. The van der Waals surface area contributed by atoms with Crippen LogP contribution in [0.3, 0.4) is 0 Å². The van der Waals surface area contributed by atoms with Gasteiger partial charge in [0.1, 0.15) is 19.7 Å². The molecule has 2 fully saturated rings. The molecule has 0 aromatic heterocycles. The molecule has 0 radical (unpaired) electrons. The average Bonchev–Trinajstić information content (AvgIpc) is 3.79. The highest BCUT2D eigenvalue weighted by Crippen LogP contribution is 2.65. The lowest BCUT2D eigenvalue weighted by atomic mass is 10.1. The first-order valence-electron chi connectivity index (χ1n) is 14.1. The summed E-state index contributed by atoms with van der Waals surface area (Å²) in [5.41, 5.74) is 11.2. The van der Waals surface area contributed by atoms with Gasteiger partial charge in [-0.1, -0.05) is 60.7 Å². The first-order chi connectivity index (χ1) is 19.8. The van der Waals surface area contributed by atoms with Crippen molar-refractivity contribution in [1.82, 2.24) is 0 Å². The minimum atomic E-state index is 0.0322. The van der Waals surface area contributed by atoms with Gasteiger partial charge in [0, 0.05) is 23.0 Å². The van der Waals surface area contributed by atoms with E-state index in [1.807, 2.05) is 0 Å². The van der Waals surface area contributed by atoms with Gasteiger partial charge in [-0.15, -0.1) is 47.0 Å². The largest absolute Gasteiger partial charge is 0.494 e. The minimum Gasteiger partial charge on any atom is -0.494 e. The molecule has 0 saturated carbocycles. The fraction of sp³-hybridized carbons (Fsp3) is 0.294. The summed E-state index contributed by atoms with van der Waals surface area (Å²) in [5, 5.41) is 0. The van der Waals surface area contributed by atoms with Crippen molar-refractivity contribution in [3.63, 3.8) is 0 Å². The summed E-state index contributed by atoms with van der Waals surface area (Å²) in [6.07, 6.45) is 1.94. The number of fused-ring (bicyclic) bond motifs is 10. The molecule has 0 amide bonds. The Hall–Kier alpha value is -2.12. The van der Waals surface area contributed by atoms with E-state index in [-0.39, 0.29) is 8.16 Å². The molecule has 2 heterocycles. The quantitative estimate of drug-likeness (QED) is 0.196. The number of unbranched alkanes of at least 4 members (excludes halogenated alkanes) is 1. The molecular formula is C34H30O2S4. The number of benzene rings is 4. The third-order valence-corrected chi connectivity index (χ3v) is 15.2. The fourth-order valence-electron chi connectivity index (χ4n) is 6.57. The second kappa shape index (κ2) is 10.3. The van der Waals surface area contributed by atoms with Gasteiger partial charge in [0.25, 0.3) is 0 Å². The molecule has 2 aliphatic carbocycles. The summed E-state index contributed by atoms with van der Waals surface area (Å²) in [4.78, 5) is 0. The monoisotopic (exact) mass is 598 g/mol. The van der Waals surface area contributed by atoms with Crippen LogP contribution in [0.5, 0.6) is 11.5 Å². The summed E-state index contributed by atoms with van der Waals surface area (Å²) in [6.45, 7) is 1.41. The first kappa shape index (κ1) is 25.6. The summed E-state index contributed by atoms with van der Waals surface area (Å²) in [5.74, 6) is 6.74. The predicted molar refractivity (Wildman–Crippen MR) is 175 cm³/mol.